The number of rotatable bonds is 4. The molecular weight excluding hydrogens is 264 g/mol. The Morgan fingerprint density at radius 2 is 2.11 bits per heavy atom. The minimum atomic E-state index is 0.396. The molecule has 0 atom stereocenters. The van der Waals surface area contributed by atoms with E-state index in [4.69, 9.17) is 29.6 Å². The lowest BCUT2D eigenvalue weighted by Crippen LogP contribution is -2.33. The van der Waals surface area contributed by atoms with Crippen molar-refractivity contribution in [2.45, 2.75) is 38.6 Å². The fourth-order valence-electron chi connectivity index (χ4n) is 2.73. The number of anilines is 1. The number of halogens is 1. The highest BCUT2D eigenvalue weighted by Gasteiger charge is 2.23. The third-order valence-corrected chi connectivity index (χ3v) is 4.19. The molecule has 0 aliphatic heterocycles. The molecule has 18 heavy (non-hydrogen) atoms. The van der Waals surface area contributed by atoms with Crippen LogP contribution in [0.5, 0.6) is 0 Å². The Kier molecular flexibility index (Phi) is 4.46. The molecule has 1 fully saturated rings. The van der Waals surface area contributed by atoms with Gasteiger partial charge in [0.2, 0.25) is 0 Å². The summed E-state index contributed by atoms with van der Waals surface area (Å²) in [5, 5.41) is 0.744. The first-order valence-electron chi connectivity index (χ1n) is 6.49. The lowest BCUT2D eigenvalue weighted by atomic mass is 10.1. The normalized spacial score (nSPS) is 15.9. The second-order valence-electron chi connectivity index (χ2n) is 4.75. The van der Waals surface area contributed by atoms with E-state index in [0.29, 0.717) is 11.0 Å². The zero-order valence-corrected chi connectivity index (χ0v) is 12.2. The third kappa shape index (κ3) is 2.78. The summed E-state index contributed by atoms with van der Waals surface area (Å²) in [6.45, 7) is 3.16. The molecule has 1 aliphatic rings. The summed E-state index contributed by atoms with van der Waals surface area (Å²) >= 11 is 11.3. The van der Waals surface area contributed by atoms with Crippen molar-refractivity contribution in [3.63, 3.8) is 0 Å². The third-order valence-electron chi connectivity index (χ3n) is 3.65. The van der Waals surface area contributed by atoms with E-state index in [9.17, 15) is 0 Å². The Morgan fingerprint density at radius 3 is 2.61 bits per heavy atom. The smallest absolute Gasteiger partial charge is 0.104 e. The predicted octanol–water partition coefficient (Wildman–Crippen LogP) is 3.74. The first kappa shape index (κ1) is 13.6. The van der Waals surface area contributed by atoms with Crippen LogP contribution in [0.25, 0.3) is 0 Å². The quantitative estimate of drug-likeness (QED) is 0.853. The van der Waals surface area contributed by atoms with E-state index < -0.39 is 0 Å². The molecule has 0 saturated heterocycles. The highest BCUT2D eigenvalue weighted by Crippen LogP contribution is 2.33. The van der Waals surface area contributed by atoms with Gasteiger partial charge in [-0.15, -0.1) is 0 Å². The van der Waals surface area contributed by atoms with Crippen LogP contribution in [0.2, 0.25) is 5.02 Å². The summed E-state index contributed by atoms with van der Waals surface area (Å²) in [7, 11) is 0. The molecule has 0 spiro atoms. The van der Waals surface area contributed by atoms with Gasteiger partial charge in [-0.25, -0.2) is 0 Å². The van der Waals surface area contributed by atoms with Crippen LogP contribution in [-0.4, -0.2) is 17.6 Å². The number of hydrogen-bond acceptors (Lipinski definition) is 2. The average molecular weight is 283 g/mol. The van der Waals surface area contributed by atoms with Crippen molar-refractivity contribution < 1.29 is 0 Å². The molecule has 98 valence electrons. The van der Waals surface area contributed by atoms with Gasteiger partial charge in [0.15, 0.2) is 0 Å². The van der Waals surface area contributed by atoms with Gasteiger partial charge in [0, 0.05) is 18.2 Å². The van der Waals surface area contributed by atoms with Crippen LogP contribution in [0.4, 0.5) is 5.69 Å². The van der Waals surface area contributed by atoms with Gasteiger partial charge in [-0.1, -0.05) is 36.7 Å². The van der Waals surface area contributed by atoms with Crippen LogP contribution in [0, 0.1) is 0 Å². The van der Waals surface area contributed by atoms with Crippen molar-refractivity contribution in [3.8, 4) is 0 Å². The van der Waals surface area contributed by atoms with E-state index in [1.807, 2.05) is 18.2 Å². The van der Waals surface area contributed by atoms with Crippen molar-refractivity contribution in [1.82, 2.24) is 0 Å². The molecule has 4 heteroatoms. The fraction of sp³-hybridized carbons (Fsp3) is 0.500. The Labute approximate surface area is 119 Å². The minimum Gasteiger partial charge on any atom is -0.389 e. The van der Waals surface area contributed by atoms with Crippen LogP contribution >= 0.6 is 23.8 Å². The monoisotopic (exact) mass is 282 g/mol. The topological polar surface area (TPSA) is 29.3 Å². The molecule has 2 nitrogen and oxygen atoms in total. The Hall–Kier alpha value is -0.800. The van der Waals surface area contributed by atoms with Crippen LogP contribution in [-0.2, 0) is 0 Å². The molecule has 1 aliphatic carbocycles. The molecule has 0 heterocycles. The first-order valence-corrected chi connectivity index (χ1v) is 7.28. The Bertz CT molecular complexity index is 441. The number of thiocarbonyl (C=S) groups is 1. The van der Waals surface area contributed by atoms with E-state index in [0.717, 1.165) is 22.8 Å². The summed E-state index contributed by atoms with van der Waals surface area (Å²) in [5.74, 6) is 0. The summed E-state index contributed by atoms with van der Waals surface area (Å²) in [6.07, 6.45) is 5.18. The van der Waals surface area contributed by atoms with Crippen LogP contribution in [0.1, 0.15) is 38.2 Å². The van der Waals surface area contributed by atoms with Gasteiger partial charge in [0.25, 0.3) is 0 Å². The van der Waals surface area contributed by atoms with E-state index in [1.165, 1.54) is 25.7 Å². The van der Waals surface area contributed by atoms with E-state index >= 15 is 0 Å². The maximum atomic E-state index is 6.37. The minimum absolute atomic E-state index is 0.396. The van der Waals surface area contributed by atoms with Gasteiger partial charge in [-0.05, 0) is 38.0 Å². The maximum Gasteiger partial charge on any atom is 0.104 e. The SMILES string of the molecule is CCN(c1ccc(C(N)=S)cc1Cl)C1CCCC1. The molecule has 1 aromatic rings. The molecule has 0 aromatic heterocycles. The first-order chi connectivity index (χ1) is 8.63. The summed E-state index contributed by atoms with van der Waals surface area (Å²) in [4.78, 5) is 2.80. The molecule has 0 amide bonds. The molecule has 2 rings (SSSR count). The number of nitrogens with zero attached hydrogens (tertiary/aromatic N) is 1. The van der Waals surface area contributed by atoms with Crippen LogP contribution < -0.4 is 10.6 Å². The van der Waals surface area contributed by atoms with Crippen molar-refractivity contribution in [2.24, 2.45) is 5.73 Å². The van der Waals surface area contributed by atoms with Gasteiger partial charge in [0.05, 0.1) is 10.7 Å². The molecule has 1 aromatic carbocycles. The molecule has 0 bridgehead atoms. The summed E-state index contributed by atoms with van der Waals surface area (Å²) in [5.41, 5.74) is 7.56. The van der Waals surface area contributed by atoms with Gasteiger partial charge in [-0.2, -0.15) is 0 Å². The summed E-state index contributed by atoms with van der Waals surface area (Å²) in [6, 6.07) is 6.50. The van der Waals surface area contributed by atoms with Crippen molar-refractivity contribution in [3.05, 3.63) is 28.8 Å². The molecular formula is C14H19ClN2S. The second-order valence-corrected chi connectivity index (χ2v) is 5.60. The summed E-state index contributed by atoms with van der Waals surface area (Å²) < 4.78 is 0. The largest absolute Gasteiger partial charge is 0.389 e. The standard InChI is InChI=1S/C14H19ClN2S/c1-2-17(11-5-3-4-6-11)13-8-7-10(14(16)18)9-12(13)15/h7-9,11H,2-6H2,1H3,(H2,16,18). The van der Waals surface area contributed by atoms with E-state index in [1.54, 1.807) is 0 Å². The molecule has 0 unspecified atom stereocenters. The zero-order valence-electron chi connectivity index (χ0n) is 10.7. The van der Waals surface area contributed by atoms with Crippen molar-refractivity contribution >= 4 is 34.5 Å². The average Bonchev–Trinajstić information content (AvgIpc) is 2.85. The van der Waals surface area contributed by atoms with Crippen LogP contribution in [0.3, 0.4) is 0 Å². The second kappa shape index (κ2) is 5.89. The number of hydrogen-bond donors (Lipinski definition) is 1. The molecule has 2 N–H and O–H groups in total. The van der Waals surface area contributed by atoms with E-state index in [2.05, 4.69) is 11.8 Å². The van der Waals surface area contributed by atoms with Crippen LogP contribution in [0.15, 0.2) is 18.2 Å². The van der Waals surface area contributed by atoms with Crippen molar-refractivity contribution in [2.75, 3.05) is 11.4 Å². The van der Waals surface area contributed by atoms with Gasteiger partial charge >= 0.3 is 0 Å². The zero-order chi connectivity index (χ0) is 13.1. The lowest BCUT2D eigenvalue weighted by molar-refractivity contribution is 0.620. The molecule has 1 saturated carbocycles. The highest BCUT2D eigenvalue weighted by molar-refractivity contribution is 7.80. The fourth-order valence-corrected chi connectivity index (χ4v) is 3.15. The van der Waals surface area contributed by atoms with E-state index in [-0.39, 0.29) is 0 Å². The Balaban J connectivity index is 2.27. The van der Waals surface area contributed by atoms with Gasteiger partial charge in [-0.3, -0.25) is 0 Å². The Morgan fingerprint density at radius 1 is 1.44 bits per heavy atom. The lowest BCUT2D eigenvalue weighted by Gasteiger charge is -2.30. The molecule has 0 radical (unpaired) electrons. The van der Waals surface area contributed by atoms with Gasteiger partial charge < -0.3 is 10.6 Å². The predicted molar refractivity (Wildman–Crippen MR) is 82.6 cm³/mol. The maximum absolute atomic E-state index is 6.37. The number of nitrogens with two attached hydrogens (primary N) is 1. The van der Waals surface area contributed by atoms with Gasteiger partial charge in [0.1, 0.15) is 4.99 Å². The van der Waals surface area contributed by atoms with Crippen molar-refractivity contribution in [1.29, 1.82) is 0 Å². The number of benzene rings is 1. The highest BCUT2D eigenvalue weighted by atomic mass is 35.5.